The Labute approximate surface area is 108 Å². The van der Waals surface area contributed by atoms with Gasteiger partial charge in [-0.1, -0.05) is 13.3 Å². The van der Waals surface area contributed by atoms with Gasteiger partial charge in [-0.2, -0.15) is 5.10 Å². The van der Waals surface area contributed by atoms with Crippen molar-refractivity contribution in [3.63, 3.8) is 0 Å². The third-order valence-electron chi connectivity index (χ3n) is 3.38. The Morgan fingerprint density at radius 3 is 3.17 bits per heavy atom. The smallest absolute Gasteiger partial charge is 0.269 e. The molecule has 0 unspecified atom stereocenters. The van der Waals surface area contributed by atoms with Crippen molar-refractivity contribution < 1.29 is 4.79 Å². The molecule has 0 aromatic carbocycles. The topological polar surface area (TPSA) is 59.0 Å². The molecule has 2 rings (SSSR count). The molecule has 1 fully saturated rings. The Kier molecular flexibility index (Phi) is 4.36. The molecule has 0 saturated carbocycles. The van der Waals surface area contributed by atoms with E-state index >= 15 is 0 Å². The minimum Gasteiger partial charge on any atom is -0.350 e. The van der Waals surface area contributed by atoms with Gasteiger partial charge in [-0.05, 0) is 37.9 Å². The van der Waals surface area contributed by atoms with Crippen LogP contribution in [0.3, 0.4) is 0 Å². The van der Waals surface area contributed by atoms with Crippen molar-refractivity contribution in [1.29, 1.82) is 0 Å². The quantitative estimate of drug-likeness (QED) is 0.809. The van der Waals surface area contributed by atoms with Crippen molar-refractivity contribution >= 4 is 5.91 Å². The van der Waals surface area contributed by atoms with Crippen LogP contribution in [0.15, 0.2) is 6.07 Å². The number of aromatic nitrogens is 2. The van der Waals surface area contributed by atoms with Crippen molar-refractivity contribution in [2.45, 2.75) is 26.2 Å². The molecule has 1 aliphatic rings. The van der Waals surface area contributed by atoms with Crippen LogP contribution >= 0.6 is 0 Å². The van der Waals surface area contributed by atoms with Gasteiger partial charge in [0.2, 0.25) is 0 Å². The maximum absolute atomic E-state index is 12.0. The van der Waals surface area contributed by atoms with Gasteiger partial charge in [0.1, 0.15) is 5.69 Å². The highest BCUT2D eigenvalue weighted by molar-refractivity contribution is 5.92. The largest absolute Gasteiger partial charge is 0.350 e. The van der Waals surface area contributed by atoms with Crippen molar-refractivity contribution in [2.75, 3.05) is 19.6 Å². The monoisotopic (exact) mass is 250 g/mol. The van der Waals surface area contributed by atoms with Gasteiger partial charge >= 0.3 is 0 Å². The first-order valence-corrected chi connectivity index (χ1v) is 6.72. The van der Waals surface area contributed by atoms with Gasteiger partial charge in [0.05, 0.1) is 5.69 Å². The maximum atomic E-state index is 12.0. The van der Waals surface area contributed by atoms with E-state index in [0.717, 1.165) is 44.6 Å². The lowest BCUT2D eigenvalue weighted by Crippen LogP contribution is -2.31. The van der Waals surface area contributed by atoms with E-state index in [1.807, 2.05) is 13.1 Å². The lowest BCUT2D eigenvalue weighted by atomic mass is 10.1. The summed E-state index contributed by atoms with van der Waals surface area (Å²) in [6.07, 6.45) is 3.12. The van der Waals surface area contributed by atoms with Crippen LogP contribution in [0.1, 0.15) is 35.9 Å². The molecule has 1 aliphatic heterocycles. The third-order valence-corrected chi connectivity index (χ3v) is 3.38. The van der Waals surface area contributed by atoms with E-state index in [1.165, 1.54) is 0 Å². The zero-order valence-electron chi connectivity index (χ0n) is 11.2. The number of rotatable bonds is 5. The van der Waals surface area contributed by atoms with Gasteiger partial charge in [0, 0.05) is 13.6 Å². The van der Waals surface area contributed by atoms with Crippen molar-refractivity contribution in [3.8, 4) is 0 Å². The molecule has 2 N–H and O–H groups in total. The summed E-state index contributed by atoms with van der Waals surface area (Å²) < 4.78 is 1.67. The summed E-state index contributed by atoms with van der Waals surface area (Å²) in [4.78, 5) is 12.0. The highest BCUT2D eigenvalue weighted by atomic mass is 16.2. The van der Waals surface area contributed by atoms with Crippen LogP contribution in [-0.2, 0) is 13.5 Å². The van der Waals surface area contributed by atoms with E-state index in [2.05, 4.69) is 22.7 Å². The van der Waals surface area contributed by atoms with Crippen LogP contribution in [-0.4, -0.2) is 35.3 Å². The summed E-state index contributed by atoms with van der Waals surface area (Å²) in [6, 6.07) is 1.89. The maximum Gasteiger partial charge on any atom is 0.269 e. The molecule has 1 aromatic heterocycles. The third kappa shape index (κ3) is 3.10. The molecule has 1 saturated heterocycles. The predicted octanol–water partition coefficient (Wildman–Crippen LogP) is 0.712. The van der Waals surface area contributed by atoms with Crippen LogP contribution in [0.4, 0.5) is 0 Å². The number of hydrogen-bond donors (Lipinski definition) is 2. The second-order valence-electron chi connectivity index (χ2n) is 4.96. The highest BCUT2D eigenvalue weighted by Gasteiger charge is 2.17. The summed E-state index contributed by atoms with van der Waals surface area (Å²) in [7, 11) is 1.82. The standard InChI is InChI=1S/C13H22N4O/c1-3-4-11-7-12(17(2)16-11)13(18)15-9-10-5-6-14-8-10/h7,10,14H,3-6,8-9H2,1-2H3,(H,15,18)/t10-/m1/s1. The molecule has 18 heavy (non-hydrogen) atoms. The van der Waals surface area contributed by atoms with E-state index in [-0.39, 0.29) is 5.91 Å². The number of nitrogens with one attached hydrogen (secondary N) is 2. The van der Waals surface area contributed by atoms with E-state index in [9.17, 15) is 4.79 Å². The van der Waals surface area contributed by atoms with E-state index < -0.39 is 0 Å². The fourth-order valence-electron chi connectivity index (χ4n) is 2.33. The van der Waals surface area contributed by atoms with Crippen molar-refractivity contribution in [3.05, 3.63) is 17.5 Å². The molecule has 0 bridgehead atoms. The van der Waals surface area contributed by atoms with E-state index in [1.54, 1.807) is 4.68 Å². The van der Waals surface area contributed by atoms with E-state index in [4.69, 9.17) is 0 Å². The highest BCUT2D eigenvalue weighted by Crippen LogP contribution is 2.08. The number of amides is 1. The molecule has 0 spiro atoms. The summed E-state index contributed by atoms with van der Waals surface area (Å²) >= 11 is 0. The van der Waals surface area contributed by atoms with Crippen LogP contribution < -0.4 is 10.6 Å². The first-order valence-electron chi connectivity index (χ1n) is 6.72. The molecule has 1 amide bonds. The van der Waals surface area contributed by atoms with Crippen molar-refractivity contribution in [2.24, 2.45) is 13.0 Å². The Morgan fingerprint density at radius 2 is 2.50 bits per heavy atom. The van der Waals surface area contributed by atoms with Gasteiger partial charge in [0.15, 0.2) is 0 Å². The Morgan fingerprint density at radius 1 is 1.67 bits per heavy atom. The zero-order chi connectivity index (χ0) is 13.0. The minimum absolute atomic E-state index is 0.0146. The molecule has 5 heteroatoms. The normalized spacial score (nSPS) is 19.1. The van der Waals surface area contributed by atoms with E-state index in [0.29, 0.717) is 11.6 Å². The van der Waals surface area contributed by atoms with Gasteiger partial charge in [-0.25, -0.2) is 0 Å². The number of carbonyl (C=O) groups is 1. The molecule has 2 heterocycles. The fraction of sp³-hybridized carbons (Fsp3) is 0.692. The second-order valence-corrected chi connectivity index (χ2v) is 4.96. The number of carbonyl (C=O) groups excluding carboxylic acids is 1. The van der Waals surface area contributed by atoms with Crippen LogP contribution in [0, 0.1) is 5.92 Å². The second kappa shape index (κ2) is 6.00. The van der Waals surface area contributed by atoms with Crippen LogP contribution in [0.25, 0.3) is 0 Å². The van der Waals surface area contributed by atoms with Crippen LogP contribution in [0.2, 0.25) is 0 Å². The number of aryl methyl sites for hydroxylation is 2. The predicted molar refractivity (Wildman–Crippen MR) is 70.5 cm³/mol. The van der Waals surface area contributed by atoms with Gasteiger partial charge in [0.25, 0.3) is 5.91 Å². The Balaban J connectivity index is 1.91. The average Bonchev–Trinajstić information content (AvgIpc) is 2.96. The molecule has 100 valence electrons. The summed E-state index contributed by atoms with van der Waals surface area (Å²) in [5.74, 6) is 0.552. The van der Waals surface area contributed by atoms with Gasteiger partial charge in [-0.3, -0.25) is 9.48 Å². The van der Waals surface area contributed by atoms with Gasteiger partial charge in [-0.15, -0.1) is 0 Å². The van der Waals surface area contributed by atoms with Gasteiger partial charge < -0.3 is 10.6 Å². The van der Waals surface area contributed by atoms with Crippen molar-refractivity contribution in [1.82, 2.24) is 20.4 Å². The molecule has 0 radical (unpaired) electrons. The SMILES string of the molecule is CCCc1cc(C(=O)NC[C@@H]2CCNC2)n(C)n1. The molecular formula is C13H22N4O. The molecule has 5 nitrogen and oxygen atoms in total. The Hall–Kier alpha value is -1.36. The minimum atomic E-state index is -0.0146. The molecule has 1 atom stereocenters. The average molecular weight is 250 g/mol. The van der Waals surface area contributed by atoms with Crippen LogP contribution in [0.5, 0.6) is 0 Å². The number of hydrogen-bond acceptors (Lipinski definition) is 3. The molecule has 1 aromatic rings. The first-order chi connectivity index (χ1) is 8.70. The molecule has 0 aliphatic carbocycles. The molecular weight excluding hydrogens is 228 g/mol. The Bertz CT molecular complexity index is 407. The number of nitrogens with zero attached hydrogens (tertiary/aromatic N) is 2. The zero-order valence-corrected chi connectivity index (χ0v) is 11.2. The summed E-state index contributed by atoms with van der Waals surface area (Å²) in [5, 5.41) is 10.6. The summed E-state index contributed by atoms with van der Waals surface area (Å²) in [5.41, 5.74) is 1.65. The fourth-order valence-corrected chi connectivity index (χ4v) is 2.33. The summed E-state index contributed by atoms with van der Waals surface area (Å²) in [6.45, 7) is 4.93. The lowest BCUT2D eigenvalue weighted by molar-refractivity contribution is 0.0939. The lowest BCUT2D eigenvalue weighted by Gasteiger charge is -2.09. The first kappa shape index (κ1) is 13.1.